The zero-order valence-electron chi connectivity index (χ0n) is 26.9. The van der Waals surface area contributed by atoms with Crippen LogP contribution in [0.3, 0.4) is 0 Å². The lowest BCUT2D eigenvalue weighted by atomic mass is 9.46. The van der Waals surface area contributed by atoms with Crippen molar-refractivity contribution in [3.05, 3.63) is 23.3 Å². The lowest BCUT2D eigenvalue weighted by Gasteiger charge is -2.69. The van der Waals surface area contributed by atoms with Crippen molar-refractivity contribution in [3.8, 4) is 0 Å². The molecule has 260 valence electrons. The summed E-state index contributed by atoms with van der Waals surface area (Å²) in [6.45, 7) is 6.92. The van der Waals surface area contributed by atoms with E-state index in [1.807, 2.05) is 6.92 Å². The quantitative estimate of drug-likeness (QED) is 0.0596. The summed E-state index contributed by atoms with van der Waals surface area (Å²) in [5.74, 6) is -1.93. The second-order valence-electron chi connectivity index (χ2n) is 14.7. The summed E-state index contributed by atoms with van der Waals surface area (Å²) >= 11 is 30.7. The second kappa shape index (κ2) is 12.9. The van der Waals surface area contributed by atoms with Crippen LogP contribution in [0.1, 0.15) is 85.5 Å². The minimum atomic E-state index is -1.88. The van der Waals surface area contributed by atoms with Gasteiger partial charge < -0.3 is 24.8 Å². The number of thiol groups is 6. The minimum absolute atomic E-state index is 0.0190. The maximum absolute atomic E-state index is 13.0. The van der Waals surface area contributed by atoms with Crippen LogP contribution in [0, 0.1) is 29.1 Å². The Hall–Kier alpha value is 0.400. The normalized spacial score (nSPS) is 47.2. The molecule has 0 spiro atoms. The van der Waals surface area contributed by atoms with E-state index >= 15 is 0 Å². The third-order valence-corrected chi connectivity index (χ3v) is 17.0. The highest BCUT2D eigenvalue weighted by molar-refractivity contribution is 8.00. The molecule has 4 unspecified atom stereocenters. The molecule has 7 nitrogen and oxygen atoms in total. The Balaban J connectivity index is 1.58. The summed E-state index contributed by atoms with van der Waals surface area (Å²) in [5, 5.41) is 34.8. The van der Waals surface area contributed by atoms with Crippen LogP contribution in [0.15, 0.2) is 23.3 Å². The third-order valence-electron chi connectivity index (χ3n) is 12.5. The summed E-state index contributed by atoms with van der Waals surface area (Å²) in [6.07, 6.45) is 5.12. The molecule has 0 saturated heterocycles. The predicted molar refractivity (Wildman–Crippen MR) is 199 cm³/mol. The SMILES string of the molecule is C/C=C(/C)C(=O)O[C@H]1[C@H](O)[C@]2(COC(=O)C(C)CC)CC[C@]3(S)C(=CCC4[C@@]5(S)CC[C@H](O)C(S)(S)C5CC[C@]43S)C2C[C@]1(O)S. The van der Waals surface area contributed by atoms with Gasteiger partial charge in [-0.15, -0.1) is 12.6 Å². The number of aliphatic hydroxyl groups is 3. The van der Waals surface area contributed by atoms with E-state index in [-0.39, 0.29) is 36.8 Å². The van der Waals surface area contributed by atoms with E-state index in [2.05, 4.69) is 18.7 Å². The Morgan fingerprint density at radius 2 is 1.72 bits per heavy atom. The number of rotatable bonds is 6. The number of aliphatic hydroxyl groups excluding tert-OH is 2. The first-order chi connectivity index (χ1) is 21.3. The molecular formula is C33H50O7S6. The number of allylic oxidation sites excluding steroid dienone is 2. The lowest BCUT2D eigenvalue weighted by Crippen LogP contribution is -2.73. The van der Waals surface area contributed by atoms with Crippen molar-refractivity contribution in [2.75, 3.05) is 6.61 Å². The fourth-order valence-electron chi connectivity index (χ4n) is 9.33. The van der Waals surface area contributed by atoms with Gasteiger partial charge in [0.2, 0.25) is 0 Å². The van der Waals surface area contributed by atoms with Gasteiger partial charge >= 0.3 is 11.9 Å². The molecule has 0 bridgehead atoms. The fraction of sp³-hybridized carbons (Fsp3) is 0.818. The zero-order valence-corrected chi connectivity index (χ0v) is 32.3. The first kappa shape index (κ1) is 37.7. The molecule has 13 heteroatoms. The number of hydrogen-bond donors (Lipinski definition) is 9. The Labute approximate surface area is 306 Å². The van der Waals surface area contributed by atoms with Gasteiger partial charge in [0.25, 0.3) is 0 Å². The van der Waals surface area contributed by atoms with Crippen LogP contribution in [0.5, 0.6) is 0 Å². The number of esters is 2. The van der Waals surface area contributed by atoms with Crippen molar-refractivity contribution in [1.29, 1.82) is 0 Å². The first-order valence-corrected chi connectivity index (χ1v) is 19.1. The zero-order chi connectivity index (χ0) is 34.3. The van der Waals surface area contributed by atoms with Crippen LogP contribution in [0.2, 0.25) is 0 Å². The van der Waals surface area contributed by atoms with Gasteiger partial charge in [-0.25, -0.2) is 4.79 Å². The average Bonchev–Trinajstić information content (AvgIpc) is 2.99. The highest BCUT2D eigenvalue weighted by Crippen LogP contribution is 2.72. The molecule has 12 atom stereocenters. The largest absolute Gasteiger partial charge is 0.465 e. The molecule has 5 aliphatic carbocycles. The standard InChI is InChI=1S/C33H50O7S6/c1-5-17(3)26(36)39-16-28-13-14-30(42)19(20(28)15-32(38,44)25(24(28)35)40-27(37)18(4)6-2)7-8-21-29(41)11-10-23(34)33(45,46)22(29)9-12-31(21,30)43/h6-7,17,20-25,34-35,38,41-46H,5,8-16H2,1-4H3/b18-6-/t17?,20?,21?,22?,23-,24-,25-,28-,29-,30-,31-,32-/m0/s1. The molecule has 0 aliphatic heterocycles. The lowest BCUT2D eigenvalue weighted by molar-refractivity contribution is -0.220. The molecule has 3 N–H and O–H groups in total. The Morgan fingerprint density at radius 3 is 2.35 bits per heavy atom. The third kappa shape index (κ3) is 5.58. The first-order valence-electron chi connectivity index (χ1n) is 16.4. The van der Waals surface area contributed by atoms with Crippen molar-refractivity contribution in [1.82, 2.24) is 0 Å². The summed E-state index contributed by atoms with van der Waals surface area (Å²) in [6, 6.07) is 0. The summed E-state index contributed by atoms with van der Waals surface area (Å²) in [5.41, 5.74) is 0.200. The monoisotopic (exact) mass is 750 g/mol. The number of ether oxygens (including phenoxy) is 2. The molecule has 0 heterocycles. The van der Waals surface area contributed by atoms with Crippen molar-refractivity contribution in [2.45, 2.75) is 127 Å². The topological polar surface area (TPSA) is 113 Å². The van der Waals surface area contributed by atoms with Crippen molar-refractivity contribution in [2.24, 2.45) is 29.1 Å². The molecule has 0 aromatic rings. The summed E-state index contributed by atoms with van der Waals surface area (Å²) in [4.78, 5) is 24.0. The molecule has 4 fully saturated rings. The average molecular weight is 751 g/mol. The second-order valence-corrected chi connectivity index (χ2v) is 19.7. The number of carbonyl (C=O) groups excluding carboxylic acids is 2. The molecule has 5 aliphatic rings. The van der Waals surface area contributed by atoms with Crippen LogP contribution in [-0.2, 0) is 19.1 Å². The predicted octanol–water partition coefficient (Wildman–Crippen LogP) is 5.31. The number of fused-ring (bicyclic) bond motifs is 7. The highest BCUT2D eigenvalue weighted by atomic mass is 32.2. The van der Waals surface area contributed by atoms with Gasteiger partial charge in [-0.05, 0) is 89.4 Å². The van der Waals surface area contributed by atoms with Crippen molar-refractivity contribution >= 4 is 87.7 Å². The molecule has 46 heavy (non-hydrogen) atoms. The molecule has 0 aromatic heterocycles. The van der Waals surface area contributed by atoms with E-state index in [0.29, 0.717) is 56.9 Å². The van der Waals surface area contributed by atoms with Gasteiger partial charge in [-0.1, -0.05) is 31.6 Å². The van der Waals surface area contributed by atoms with E-state index in [1.54, 1.807) is 26.8 Å². The van der Waals surface area contributed by atoms with Gasteiger partial charge in [0.05, 0.1) is 16.1 Å². The van der Waals surface area contributed by atoms with Crippen molar-refractivity contribution in [3.63, 3.8) is 0 Å². The molecule has 0 radical (unpaired) electrons. The summed E-state index contributed by atoms with van der Waals surface area (Å²) in [7, 11) is 0. The molecule has 0 aromatic carbocycles. The van der Waals surface area contributed by atoms with Gasteiger partial charge in [-0.2, -0.15) is 63.1 Å². The van der Waals surface area contributed by atoms with Crippen LogP contribution in [-0.4, -0.2) is 75.4 Å². The molecule has 0 amide bonds. The van der Waals surface area contributed by atoms with E-state index in [0.717, 1.165) is 5.57 Å². The van der Waals surface area contributed by atoms with E-state index in [9.17, 15) is 24.9 Å². The maximum atomic E-state index is 13.0. The van der Waals surface area contributed by atoms with Crippen LogP contribution < -0.4 is 0 Å². The van der Waals surface area contributed by atoms with E-state index in [4.69, 9.17) is 72.6 Å². The molecule has 5 rings (SSSR count). The van der Waals surface area contributed by atoms with Gasteiger partial charge in [0.1, 0.15) is 17.6 Å². The Bertz CT molecular complexity index is 1300. The van der Waals surface area contributed by atoms with E-state index in [1.165, 1.54) is 0 Å². The van der Waals surface area contributed by atoms with Crippen LogP contribution >= 0.6 is 75.8 Å². The smallest absolute Gasteiger partial charge is 0.333 e. The minimum Gasteiger partial charge on any atom is -0.465 e. The van der Waals surface area contributed by atoms with Crippen molar-refractivity contribution < 1.29 is 34.4 Å². The molecular weight excluding hydrogens is 701 g/mol. The van der Waals surface area contributed by atoms with Gasteiger partial charge in [0, 0.05) is 25.2 Å². The van der Waals surface area contributed by atoms with Crippen LogP contribution in [0.4, 0.5) is 0 Å². The number of hydrogen-bond acceptors (Lipinski definition) is 13. The van der Waals surface area contributed by atoms with E-state index < -0.39 is 58.9 Å². The highest BCUT2D eigenvalue weighted by Gasteiger charge is 2.73. The fourth-order valence-corrected chi connectivity index (χ4v) is 13.1. The summed E-state index contributed by atoms with van der Waals surface area (Å²) < 4.78 is 8.94. The Morgan fingerprint density at radius 1 is 1.04 bits per heavy atom. The van der Waals surface area contributed by atoms with Gasteiger partial charge in [-0.3, -0.25) is 4.79 Å². The maximum Gasteiger partial charge on any atom is 0.333 e. The number of carbonyl (C=O) groups is 2. The van der Waals surface area contributed by atoms with Crippen LogP contribution in [0.25, 0.3) is 0 Å². The Kier molecular flexibility index (Phi) is 10.5. The molecule has 4 saturated carbocycles. The van der Waals surface area contributed by atoms with Gasteiger partial charge in [0.15, 0.2) is 6.10 Å².